The molecule has 1 saturated heterocycles. The Balaban J connectivity index is 1.15. The molecular formula is C31H37F2N5O. The average molecular weight is 534 g/mol. The molecule has 0 N–H and O–H groups in total. The van der Waals surface area contributed by atoms with Gasteiger partial charge in [0.25, 0.3) is 0 Å². The Hall–Kier alpha value is -3.20. The van der Waals surface area contributed by atoms with Crippen molar-refractivity contribution >= 4 is 11.2 Å². The normalized spacial score (nSPS) is 15.0. The highest BCUT2D eigenvalue weighted by molar-refractivity contribution is 5.71. The zero-order valence-electron chi connectivity index (χ0n) is 22.6. The van der Waals surface area contributed by atoms with Crippen LogP contribution in [0.1, 0.15) is 42.6 Å². The lowest BCUT2D eigenvalue weighted by molar-refractivity contribution is 0.119. The Morgan fingerprint density at radius 1 is 0.846 bits per heavy atom. The zero-order valence-corrected chi connectivity index (χ0v) is 22.6. The molecule has 0 aliphatic carbocycles. The lowest BCUT2D eigenvalue weighted by atomic mass is 9.87. The minimum Gasteiger partial charge on any atom is -0.380 e. The zero-order chi connectivity index (χ0) is 27.0. The molecule has 0 atom stereocenters. The van der Waals surface area contributed by atoms with Crippen LogP contribution < -0.4 is 0 Å². The number of rotatable bonds is 12. The average Bonchev–Trinajstić information content (AvgIpc) is 3.30. The standard InChI is InChI=1S/C31H37F2N5O/c1-2-39-22-21-38-29-6-3-15-34-31(29)35-30(38)23-37-19-17-36(18-20-37)16-4-5-28(24-7-11-26(32)12-8-24)25-9-13-27(33)14-10-25/h3,6-15,28H,2,4-5,16-23H2,1H3. The number of hydrogen-bond acceptors (Lipinski definition) is 5. The molecule has 5 rings (SSSR count). The van der Waals surface area contributed by atoms with Crippen molar-refractivity contribution in [2.24, 2.45) is 0 Å². The Morgan fingerprint density at radius 3 is 2.13 bits per heavy atom. The van der Waals surface area contributed by atoms with Gasteiger partial charge in [0.1, 0.15) is 17.5 Å². The van der Waals surface area contributed by atoms with E-state index in [4.69, 9.17) is 9.72 Å². The van der Waals surface area contributed by atoms with Crippen LogP contribution in [0.25, 0.3) is 11.2 Å². The number of aromatic nitrogens is 3. The summed E-state index contributed by atoms with van der Waals surface area (Å²) in [6.45, 7) is 9.95. The van der Waals surface area contributed by atoms with Crippen molar-refractivity contribution in [3.05, 3.63) is 95.4 Å². The van der Waals surface area contributed by atoms with Gasteiger partial charge in [0, 0.05) is 51.4 Å². The molecule has 0 spiro atoms. The van der Waals surface area contributed by atoms with Crippen molar-refractivity contribution in [3.8, 4) is 0 Å². The molecule has 2 aromatic heterocycles. The number of fused-ring (bicyclic) bond motifs is 1. The molecule has 4 aromatic rings. The molecule has 2 aromatic carbocycles. The number of imidazole rings is 1. The fourth-order valence-electron chi connectivity index (χ4n) is 5.48. The van der Waals surface area contributed by atoms with Gasteiger partial charge in [0.15, 0.2) is 5.65 Å². The molecule has 6 nitrogen and oxygen atoms in total. The van der Waals surface area contributed by atoms with Crippen LogP contribution in [0.4, 0.5) is 8.78 Å². The molecule has 0 saturated carbocycles. The van der Waals surface area contributed by atoms with Gasteiger partial charge in [-0.05, 0) is 73.8 Å². The van der Waals surface area contributed by atoms with Gasteiger partial charge in [-0.2, -0.15) is 0 Å². The van der Waals surface area contributed by atoms with E-state index in [1.54, 1.807) is 6.20 Å². The van der Waals surface area contributed by atoms with Crippen LogP contribution in [-0.4, -0.2) is 70.3 Å². The molecule has 1 aliphatic heterocycles. The first kappa shape index (κ1) is 27.4. The smallest absolute Gasteiger partial charge is 0.177 e. The Bertz CT molecular complexity index is 1270. The van der Waals surface area contributed by atoms with Crippen LogP contribution in [0.15, 0.2) is 66.9 Å². The molecule has 8 heteroatoms. The largest absolute Gasteiger partial charge is 0.380 e. The van der Waals surface area contributed by atoms with Gasteiger partial charge >= 0.3 is 0 Å². The number of benzene rings is 2. The second-order valence-corrected chi connectivity index (χ2v) is 10.1. The predicted octanol–water partition coefficient (Wildman–Crippen LogP) is 5.48. The molecule has 0 unspecified atom stereocenters. The SMILES string of the molecule is CCOCCn1c(CN2CCN(CCCC(c3ccc(F)cc3)c3ccc(F)cc3)CC2)nc2ncccc21. The number of ether oxygens (including phenoxy) is 1. The first-order chi connectivity index (χ1) is 19.1. The monoisotopic (exact) mass is 533 g/mol. The van der Waals surface area contributed by atoms with E-state index in [0.29, 0.717) is 13.2 Å². The van der Waals surface area contributed by atoms with Crippen LogP contribution >= 0.6 is 0 Å². The maximum Gasteiger partial charge on any atom is 0.177 e. The highest BCUT2D eigenvalue weighted by Crippen LogP contribution is 2.30. The van der Waals surface area contributed by atoms with E-state index in [0.717, 1.165) is 86.8 Å². The summed E-state index contributed by atoms with van der Waals surface area (Å²) in [5.41, 5.74) is 3.98. The Morgan fingerprint density at radius 2 is 1.49 bits per heavy atom. The second-order valence-electron chi connectivity index (χ2n) is 10.1. The molecule has 1 aliphatic rings. The van der Waals surface area contributed by atoms with E-state index < -0.39 is 0 Å². The minimum absolute atomic E-state index is 0.116. The summed E-state index contributed by atoms with van der Waals surface area (Å²) in [7, 11) is 0. The quantitative estimate of drug-likeness (QED) is 0.226. The van der Waals surface area contributed by atoms with E-state index in [9.17, 15) is 8.78 Å². The molecule has 1 fully saturated rings. The molecule has 0 bridgehead atoms. The van der Waals surface area contributed by atoms with Gasteiger partial charge < -0.3 is 14.2 Å². The third-order valence-electron chi connectivity index (χ3n) is 7.61. The van der Waals surface area contributed by atoms with E-state index in [2.05, 4.69) is 25.4 Å². The van der Waals surface area contributed by atoms with Crippen molar-refractivity contribution in [1.82, 2.24) is 24.3 Å². The second kappa shape index (κ2) is 13.2. The van der Waals surface area contributed by atoms with Crippen LogP contribution in [0.2, 0.25) is 0 Å². The maximum atomic E-state index is 13.5. The number of nitrogens with zero attached hydrogens (tertiary/aromatic N) is 5. The third-order valence-corrected chi connectivity index (χ3v) is 7.61. The molecule has 3 heterocycles. The van der Waals surface area contributed by atoms with Gasteiger partial charge in [-0.15, -0.1) is 0 Å². The van der Waals surface area contributed by atoms with Crippen LogP contribution in [0, 0.1) is 11.6 Å². The van der Waals surface area contributed by atoms with Gasteiger partial charge in [0.05, 0.1) is 18.7 Å². The molecule has 0 amide bonds. The van der Waals surface area contributed by atoms with Crippen molar-refractivity contribution in [2.75, 3.05) is 45.9 Å². The fourth-order valence-corrected chi connectivity index (χ4v) is 5.48. The first-order valence-corrected chi connectivity index (χ1v) is 13.9. The number of hydrogen-bond donors (Lipinski definition) is 0. The fraction of sp³-hybridized carbons (Fsp3) is 0.419. The van der Waals surface area contributed by atoms with Gasteiger partial charge in [-0.3, -0.25) is 4.90 Å². The molecule has 39 heavy (non-hydrogen) atoms. The van der Waals surface area contributed by atoms with Crippen molar-refractivity contribution in [1.29, 1.82) is 0 Å². The lowest BCUT2D eigenvalue weighted by Gasteiger charge is -2.34. The number of pyridine rings is 1. The summed E-state index contributed by atoms with van der Waals surface area (Å²) in [6.07, 6.45) is 3.73. The molecular weight excluding hydrogens is 496 g/mol. The van der Waals surface area contributed by atoms with E-state index in [1.807, 2.05) is 37.3 Å². The summed E-state index contributed by atoms with van der Waals surface area (Å²) in [5, 5.41) is 0. The lowest BCUT2D eigenvalue weighted by Crippen LogP contribution is -2.46. The summed E-state index contributed by atoms with van der Waals surface area (Å²) in [4.78, 5) is 14.3. The van der Waals surface area contributed by atoms with Gasteiger partial charge in [-0.1, -0.05) is 24.3 Å². The van der Waals surface area contributed by atoms with E-state index in [1.165, 1.54) is 24.3 Å². The number of halogens is 2. The highest BCUT2D eigenvalue weighted by atomic mass is 19.1. The summed E-state index contributed by atoms with van der Waals surface area (Å²) < 4.78 is 34.9. The van der Waals surface area contributed by atoms with Crippen molar-refractivity contribution < 1.29 is 13.5 Å². The van der Waals surface area contributed by atoms with Crippen LogP contribution in [0.5, 0.6) is 0 Å². The van der Waals surface area contributed by atoms with Crippen molar-refractivity contribution in [3.63, 3.8) is 0 Å². The Kier molecular flexibility index (Phi) is 9.29. The third kappa shape index (κ3) is 7.06. The molecule has 206 valence electrons. The minimum atomic E-state index is -0.240. The van der Waals surface area contributed by atoms with Gasteiger partial charge in [-0.25, -0.2) is 18.7 Å². The topological polar surface area (TPSA) is 46.4 Å². The van der Waals surface area contributed by atoms with Crippen LogP contribution in [-0.2, 0) is 17.8 Å². The predicted molar refractivity (Wildman–Crippen MR) is 150 cm³/mol. The molecule has 0 radical (unpaired) electrons. The van der Waals surface area contributed by atoms with Crippen LogP contribution in [0.3, 0.4) is 0 Å². The van der Waals surface area contributed by atoms with Gasteiger partial charge in [0.2, 0.25) is 0 Å². The number of piperazine rings is 1. The highest BCUT2D eigenvalue weighted by Gasteiger charge is 2.21. The summed E-state index contributed by atoms with van der Waals surface area (Å²) in [5.74, 6) is 0.676. The maximum absolute atomic E-state index is 13.5. The Labute approximate surface area is 229 Å². The van der Waals surface area contributed by atoms with E-state index >= 15 is 0 Å². The summed E-state index contributed by atoms with van der Waals surface area (Å²) >= 11 is 0. The van der Waals surface area contributed by atoms with E-state index in [-0.39, 0.29) is 17.6 Å². The summed E-state index contributed by atoms with van der Waals surface area (Å²) in [6, 6.07) is 17.4. The first-order valence-electron chi connectivity index (χ1n) is 13.9. The van der Waals surface area contributed by atoms with Crippen molar-refractivity contribution in [2.45, 2.75) is 38.8 Å².